The summed E-state index contributed by atoms with van der Waals surface area (Å²) in [7, 11) is 0. The number of nitro groups is 1. The molecule has 0 aromatic heterocycles. The Balaban J connectivity index is 2.88. The SMILES string of the molecule is CCC(CC)CNC(=O)c1cccc(Cl)c1[N+](=O)[O-]. The van der Waals surface area contributed by atoms with Crippen LogP contribution in [0.1, 0.15) is 37.0 Å². The van der Waals surface area contributed by atoms with Gasteiger partial charge in [0.05, 0.1) is 4.92 Å². The lowest BCUT2D eigenvalue weighted by Crippen LogP contribution is -2.29. The van der Waals surface area contributed by atoms with Crippen molar-refractivity contribution in [2.75, 3.05) is 6.54 Å². The van der Waals surface area contributed by atoms with E-state index in [1.54, 1.807) is 0 Å². The van der Waals surface area contributed by atoms with Crippen molar-refractivity contribution in [2.24, 2.45) is 5.92 Å². The molecule has 1 rings (SSSR count). The predicted octanol–water partition coefficient (Wildman–Crippen LogP) is 3.41. The summed E-state index contributed by atoms with van der Waals surface area (Å²) in [6.45, 7) is 4.60. The molecule has 0 saturated carbocycles. The van der Waals surface area contributed by atoms with Crippen LogP contribution in [-0.4, -0.2) is 17.4 Å². The van der Waals surface area contributed by atoms with E-state index in [1.807, 2.05) is 13.8 Å². The van der Waals surface area contributed by atoms with Crippen molar-refractivity contribution < 1.29 is 9.72 Å². The van der Waals surface area contributed by atoms with Gasteiger partial charge in [0.2, 0.25) is 0 Å². The molecular weight excluding hydrogens is 268 g/mol. The molecule has 1 N–H and O–H groups in total. The highest BCUT2D eigenvalue weighted by Gasteiger charge is 2.23. The Kier molecular flexibility index (Phi) is 5.76. The zero-order valence-corrected chi connectivity index (χ0v) is 11.7. The van der Waals surface area contributed by atoms with Gasteiger partial charge in [-0.25, -0.2) is 0 Å². The average molecular weight is 285 g/mol. The van der Waals surface area contributed by atoms with Crippen LogP contribution in [0.5, 0.6) is 0 Å². The van der Waals surface area contributed by atoms with E-state index in [2.05, 4.69) is 5.32 Å². The third-order valence-electron chi connectivity index (χ3n) is 3.12. The summed E-state index contributed by atoms with van der Waals surface area (Å²) in [5.74, 6) is -0.0803. The van der Waals surface area contributed by atoms with Crippen molar-refractivity contribution in [3.63, 3.8) is 0 Å². The Morgan fingerprint density at radius 2 is 2.05 bits per heavy atom. The number of carbonyl (C=O) groups excluding carboxylic acids is 1. The standard InChI is InChI=1S/C13H17ClN2O3/c1-3-9(4-2)8-15-13(17)10-6-5-7-11(14)12(10)16(18)19/h5-7,9H,3-4,8H2,1-2H3,(H,15,17). The summed E-state index contributed by atoms with van der Waals surface area (Å²) in [6, 6.07) is 4.34. The Labute approximate surface area is 117 Å². The molecule has 0 aliphatic carbocycles. The van der Waals surface area contributed by atoms with Crippen molar-refractivity contribution in [1.29, 1.82) is 0 Å². The quantitative estimate of drug-likeness (QED) is 0.642. The van der Waals surface area contributed by atoms with Crippen LogP contribution in [0.15, 0.2) is 18.2 Å². The highest BCUT2D eigenvalue weighted by Crippen LogP contribution is 2.28. The molecule has 1 aromatic rings. The Morgan fingerprint density at radius 3 is 2.58 bits per heavy atom. The third kappa shape index (κ3) is 3.92. The number of nitrogens with zero attached hydrogens (tertiary/aromatic N) is 1. The number of rotatable bonds is 6. The number of nitrogens with one attached hydrogen (secondary N) is 1. The highest BCUT2D eigenvalue weighted by atomic mass is 35.5. The summed E-state index contributed by atoms with van der Waals surface area (Å²) >= 11 is 5.76. The van der Waals surface area contributed by atoms with Gasteiger partial charge in [-0.1, -0.05) is 44.4 Å². The molecule has 6 heteroatoms. The van der Waals surface area contributed by atoms with Gasteiger partial charge in [-0.15, -0.1) is 0 Å². The van der Waals surface area contributed by atoms with Crippen molar-refractivity contribution >= 4 is 23.2 Å². The van der Waals surface area contributed by atoms with E-state index >= 15 is 0 Å². The van der Waals surface area contributed by atoms with Gasteiger partial charge in [-0.3, -0.25) is 14.9 Å². The molecule has 0 unspecified atom stereocenters. The van der Waals surface area contributed by atoms with Gasteiger partial charge in [0.15, 0.2) is 0 Å². The first kappa shape index (κ1) is 15.4. The maximum atomic E-state index is 12.0. The minimum absolute atomic E-state index is 0.00320. The molecule has 0 atom stereocenters. The molecule has 0 aliphatic heterocycles. The molecule has 5 nitrogen and oxygen atoms in total. The molecule has 0 heterocycles. The second-order valence-corrected chi connectivity index (χ2v) is 4.69. The predicted molar refractivity (Wildman–Crippen MR) is 74.5 cm³/mol. The van der Waals surface area contributed by atoms with Gasteiger partial charge in [-0.2, -0.15) is 0 Å². The first-order valence-electron chi connectivity index (χ1n) is 6.22. The first-order valence-corrected chi connectivity index (χ1v) is 6.60. The van der Waals surface area contributed by atoms with E-state index in [0.717, 1.165) is 12.8 Å². The van der Waals surface area contributed by atoms with E-state index in [4.69, 9.17) is 11.6 Å². The number of hydrogen-bond acceptors (Lipinski definition) is 3. The van der Waals surface area contributed by atoms with E-state index < -0.39 is 10.8 Å². The molecule has 0 spiro atoms. The number of para-hydroxylation sites is 1. The minimum Gasteiger partial charge on any atom is -0.352 e. The molecule has 0 radical (unpaired) electrons. The smallest absolute Gasteiger partial charge is 0.300 e. The van der Waals surface area contributed by atoms with Crippen molar-refractivity contribution in [1.82, 2.24) is 5.32 Å². The number of amides is 1. The zero-order chi connectivity index (χ0) is 14.4. The maximum Gasteiger partial charge on any atom is 0.300 e. The molecule has 1 aromatic carbocycles. The zero-order valence-electron chi connectivity index (χ0n) is 11.0. The fraction of sp³-hybridized carbons (Fsp3) is 0.462. The van der Waals surface area contributed by atoms with Crippen molar-refractivity contribution in [2.45, 2.75) is 26.7 Å². The minimum atomic E-state index is -0.631. The number of nitro benzene ring substituents is 1. The van der Waals surface area contributed by atoms with Crippen LogP contribution in [-0.2, 0) is 0 Å². The summed E-state index contributed by atoms with van der Waals surface area (Å²) in [5, 5.41) is 13.6. The molecule has 104 valence electrons. The van der Waals surface area contributed by atoms with Crippen LogP contribution in [0, 0.1) is 16.0 Å². The fourth-order valence-electron chi connectivity index (χ4n) is 1.79. The molecule has 0 saturated heterocycles. The summed E-state index contributed by atoms with van der Waals surface area (Å²) in [4.78, 5) is 22.3. The normalized spacial score (nSPS) is 10.5. The lowest BCUT2D eigenvalue weighted by molar-refractivity contribution is -0.385. The number of halogens is 1. The van der Waals surface area contributed by atoms with Crippen LogP contribution < -0.4 is 5.32 Å². The fourth-order valence-corrected chi connectivity index (χ4v) is 2.04. The Morgan fingerprint density at radius 1 is 1.42 bits per heavy atom. The van der Waals surface area contributed by atoms with Gasteiger partial charge in [0.1, 0.15) is 10.6 Å². The average Bonchev–Trinajstić information content (AvgIpc) is 2.38. The van der Waals surface area contributed by atoms with Gasteiger partial charge < -0.3 is 5.32 Å². The number of carbonyl (C=O) groups is 1. The highest BCUT2D eigenvalue weighted by molar-refractivity contribution is 6.33. The molecule has 19 heavy (non-hydrogen) atoms. The molecule has 0 bridgehead atoms. The monoisotopic (exact) mass is 284 g/mol. The van der Waals surface area contributed by atoms with Gasteiger partial charge in [-0.05, 0) is 18.1 Å². The van der Waals surface area contributed by atoms with Crippen LogP contribution in [0.2, 0.25) is 5.02 Å². The second kappa shape index (κ2) is 7.09. The third-order valence-corrected chi connectivity index (χ3v) is 3.42. The first-order chi connectivity index (χ1) is 9.01. The summed E-state index contributed by atoms with van der Waals surface area (Å²) in [6.07, 6.45) is 1.91. The second-order valence-electron chi connectivity index (χ2n) is 4.29. The Hall–Kier alpha value is -1.62. The molecule has 0 fully saturated rings. The van der Waals surface area contributed by atoms with E-state index in [0.29, 0.717) is 12.5 Å². The lowest BCUT2D eigenvalue weighted by Gasteiger charge is -2.13. The van der Waals surface area contributed by atoms with E-state index in [-0.39, 0.29) is 16.3 Å². The maximum absolute atomic E-state index is 12.0. The number of benzene rings is 1. The van der Waals surface area contributed by atoms with E-state index in [1.165, 1.54) is 18.2 Å². The van der Waals surface area contributed by atoms with Crippen molar-refractivity contribution in [3.8, 4) is 0 Å². The summed E-state index contributed by atoms with van der Waals surface area (Å²) < 4.78 is 0. The van der Waals surface area contributed by atoms with Crippen LogP contribution in [0.25, 0.3) is 0 Å². The molecular formula is C13H17ClN2O3. The van der Waals surface area contributed by atoms with Gasteiger partial charge >= 0.3 is 5.69 Å². The largest absolute Gasteiger partial charge is 0.352 e. The van der Waals surface area contributed by atoms with Crippen LogP contribution >= 0.6 is 11.6 Å². The van der Waals surface area contributed by atoms with Crippen LogP contribution in [0.3, 0.4) is 0 Å². The molecule has 1 amide bonds. The lowest BCUT2D eigenvalue weighted by atomic mass is 10.0. The van der Waals surface area contributed by atoms with E-state index in [9.17, 15) is 14.9 Å². The van der Waals surface area contributed by atoms with Gasteiger partial charge in [0, 0.05) is 6.54 Å². The summed E-state index contributed by atoms with van der Waals surface area (Å²) in [5.41, 5.74) is -0.338. The Bertz CT molecular complexity index is 473. The topological polar surface area (TPSA) is 72.2 Å². The van der Waals surface area contributed by atoms with Crippen LogP contribution in [0.4, 0.5) is 5.69 Å². The van der Waals surface area contributed by atoms with Crippen molar-refractivity contribution in [3.05, 3.63) is 38.9 Å². The number of hydrogen-bond donors (Lipinski definition) is 1. The van der Waals surface area contributed by atoms with Gasteiger partial charge in [0.25, 0.3) is 5.91 Å². The molecule has 0 aliphatic rings.